The standard InChI is InChI=1S/C16H18N2O2/c1-12-4-2-6-14(8-12)16(11-17,15(19)20)9-13-5-3-7-18-10-13/h2-8,10H,9,11,17H2,1H3,(H,19,20). The molecule has 1 atom stereocenters. The molecule has 20 heavy (non-hydrogen) atoms. The number of pyridine rings is 1. The highest BCUT2D eigenvalue weighted by molar-refractivity contribution is 5.82. The third-order valence-electron chi connectivity index (χ3n) is 3.56. The Balaban J connectivity index is 2.48. The molecule has 3 N–H and O–H groups in total. The number of carboxylic acids is 1. The molecule has 1 aromatic carbocycles. The summed E-state index contributed by atoms with van der Waals surface area (Å²) in [5, 5.41) is 9.73. The van der Waals surface area contributed by atoms with Gasteiger partial charge < -0.3 is 10.8 Å². The number of aryl methyl sites for hydroxylation is 1. The number of carboxylic acid groups (broad SMARTS) is 1. The molecule has 0 radical (unpaired) electrons. The van der Waals surface area contributed by atoms with E-state index in [1.807, 2.05) is 37.3 Å². The Labute approximate surface area is 118 Å². The van der Waals surface area contributed by atoms with Gasteiger partial charge in [-0.15, -0.1) is 0 Å². The number of benzene rings is 1. The number of aliphatic carboxylic acids is 1. The van der Waals surface area contributed by atoms with Crippen LogP contribution in [0, 0.1) is 6.92 Å². The molecular formula is C16H18N2O2. The van der Waals surface area contributed by atoms with Crippen LogP contribution in [0.15, 0.2) is 48.8 Å². The molecule has 2 aromatic rings. The molecule has 0 fully saturated rings. The van der Waals surface area contributed by atoms with Crippen molar-refractivity contribution in [2.75, 3.05) is 6.54 Å². The summed E-state index contributed by atoms with van der Waals surface area (Å²) in [6, 6.07) is 11.2. The highest BCUT2D eigenvalue weighted by Crippen LogP contribution is 2.28. The second kappa shape index (κ2) is 5.84. The predicted molar refractivity (Wildman–Crippen MR) is 77.5 cm³/mol. The smallest absolute Gasteiger partial charge is 0.315 e. The molecule has 1 aromatic heterocycles. The van der Waals surface area contributed by atoms with Crippen molar-refractivity contribution in [1.82, 2.24) is 4.98 Å². The van der Waals surface area contributed by atoms with Gasteiger partial charge in [0.25, 0.3) is 0 Å². The zero-order chi connectivity index (χ0) is 14.6. The molecule has 4 heteroatoms. The average molecular weight is 270 g/mol. The van der Waals surface area contributed by atoms with Crippen molar-refractivity contribution in [3.63, 3.8) is 0 Å². The molecule has 0 aliphatic rings. The van der Waals surface area contributed by atoms with E-state index in [-0.39, 0.29) is 6.54 Å². The first kappa shape index (κ1) is 14.2. The van der Waals surface area contributed by atoms with Crippen LogP contribution in [0.25, 0.3) is 0 Å². The van der Waals surface area contributed by atoms with E-state index in [2.05, 4.69) is 4.98 Å². The summed E-state index contributed by atoms with van der Waals surface area (Å²) in [6.45, 7) is 1.98. The van der Waals surface area contributed by atoms with Crippen LogP contribution >= 0.6 is 0 Å². The van der Waals surface area contributed by atoms with Gasteiger partial charge in [0, 0.05) is 18.9 Å². The summed E-state index contributed by atoms with van der Waals surface area (Å²) in [4.78, 5) is 15.9. The Bertz CT molecular complexity index is 598. The minimum atomic E-state index is -1.12. The molecule has 0 saturated carbocycles. The van der Waals surface area contributed by atoms with Crippen molar-refractivity contribution < 1.29 is 9.90 Å². The van der Waals surface area contributed by atoms with Crippen LogP contribution in [0.3, 0.4) is 0 Å². The molecule has 0 saturated heterocycles. The normalized spacial score (nSPS) is 13.7. The maximum absolute atomic E-state index is 11.9. The van der Waals surface area contributed by atoms with Crippen LogP contribution in [0.1, 0.15) is 16.7 Å². The van der Waals surface area contributed by atoms with Gasteiger partial charge in [-0.2, -0.15) is 0 Å². The first-order valence-electron chi connectivity index (χ1n) is 6.48. The van der Waals surface area contributed by atoms with Gasteiger partial charge in [-0.25, -0.2) is 0 Å². The minimum Gasteiger partial charge on any atom is -0.481 e. The lowest BCUT2D eigenvalue weighted by atomic mass is 9.75. The van der Waals surface area contributed by atoms with Gasteiger partial charge in [-0.1, -0.05) is 35.9 Å². The number of hydrogen-bond acceptors (Lipinski definition) is 3. The average Bonchev–Trinajstić information content (AvgIpc) is 2.45. The van der Waals surface area contributed by atoms with Gasteiger partial charge >= 0.3 is 5.97 Å². The third-order valence-corrected chi connectivity index (χ3v) is 3.56. The molecule has 0 aliphatic carbocycles. The summed E-state index contributed by atoms with van der Waals surface area (Å²) in [5.41, 5.74) is 7.34. The van der Waals surface area contributed by atoms with Crippen molar-refractivity contribution in [2.45, 2.75) is 18.8 Å². The van der Waals surface area contributed by atoms with E-state index in [0.29, 0.717) is 6.42 Å². The highest BCUT2D eigenvalue weighted by atomic mass is 16.4. The molecule has 0 bridgehead atoms. The quantitative estimate of drug-likeness (QED) is 0.870. The Morgan fingerprint density at radius 2 is 2.15 bits per heavy atom. The first-order chi connectivity index (χ1) is 9.58. The van der Waals surface area contributed by atoms with Crippen LogP contribution in [0.4, 0.5) is 0 Å². The van der Waals surface area contributed by atoms with Gasteiger partial charge in [-0.3, -0.25) is 9.78 Å². The minimum absolute atomic E-state index is 0.0423. The summed E-state index contributed by atoms with van der Waals surface area (Å²) in [6.07, 6.45) is 3.68. The van der Waals surface area contributed by atoms with Crippen LogP contribution in [-0.4, -0.2) is 22.6 Å². The number of nitrogens with two attached hydrogens (primary N) is 1. The number of aromatic nitrogens is 1. The fraction of sp³-hybridized carbons (Fsp3) is 0.250. The van der Waals surface area contributed by atoms with Crippen LogP contribution < -0.4 is 5.73 Å². The number of carbonyl (C=O) groups is 1. The van der Waals surface area contributed by atoms with E-state index in [0.717, 1.165) is 16.7 Å². The molecule has 1 heterocycles. The zero-order valence-corrected chi connectivity index (χ0v) is 11.4. The number of rotatable bonds is 5. The van der Waals surface area contributed by atoms with E-state index < -0.39 is 11.4 Å². The van der Waals surface area contributed by atoms with Crippen LogP contribution in [-0.2, 0) is 16.6 Å². The predicted octanol–water partition coefficient (Wildman–Crippen LogP) is 1.91. The molecule has 104 valence electrons. The molecule has 0 aliphatic heterocycles. The number of nitrogens with zero attached hydrogens (tertiary/aromatic N) is 1. The lowest BCUT2D eigenvalue weighted by Crippen LogP contribution is -2.45. The van der Waals surface area contributed by atoms with Crippen molar-refractivity contribution in [3.05, 3.63) is 65.5 Å². The lowest BCUT2D eigenvalue weighted by Gasteiger charge is -2.29. The second-order valence-corrected chi connectivity index (χ2v) is 5.00. The largest absolute Gasteiger partial charge is 0.481 e. The fourth-order valence-electron chi connectivity index (χ4n) is 2.37. The maximum atomic E-state index is 11.9. The van der Waals surface area contributed by atoms with Gasteiger partial charge in [0.15, 0.2) is 0 Å². The Morgan fingerprint density at radius 1 is 1.35 bits per heavy atom. The monoisotopic (exact) mass is 270 g/mol. The molecule has 2 rings (SSSR count). The van der Waals surface area contributed by atoms with Gasteiger partial charge in [-0.05, 0) is 30.5 Å². The van der Waals surface area contributed by atoms with Crippen LogP contribution in [0.5, 0.6) is 0 Å². The van der Waals surface area contributed by atoms with E-state index in [4.69, 9.17) is 5.73 Å². The van der Waals surface area contributed by atoms with E-state index in [1.54, 1.807) is 18.5 Å². The summed E-state index contributed by atoms with van der Waals surface area (Å²) >= 11 is 0. The summed E-state index contributed by atoms with van der Waals surface area (Å²) < 4.78 is 0. The van der Waals surface area contributed by atoms with E-state index in [1.165, 1.54) is 0 Å². The van der Waals surface area contributed by atoms with Gasteiger partial charge in [0.05, 0.1) is 0 Å². The molecule has 1 unspecified atom stereocenters. The topological polar surface area (TPSA) is 76.2 Å². The first-order valence-corrected chi connectivity index (χ1v) is 6.48. The Kier molecular flexibility index (Phi) is 4.15. The van der Waals surface area contributed by atoms with Crippen LogP contribution in [0.2, 0.25) is 0 Å². The van der Waals surface area contributed by atoms with Gasteiger partial charge in [0.2, 0.25) is 0 Å². The Morgan fingerprint density at radius 3 is 2.70 bits per heavy atom. The van der Waals surface area contributed by atoms with Crippen molar-refractivity contribution in [3.8, 4) is 0 Å². The SMILES string of the molecule is Cc1cccc(C(CN)(Cc2cccnc2)C(=O)O)c1. The summed E-state index contributed by atoms with van der Waals surface area (Å²) in [5.74, 6) is -0.908. The van der Waals surface area contributed by atoms with Crippen molar-refractivity contribution in [1.29, 1.82) is 0 Å². The van der Waals surface area contributed by atoms with Crippen molar-refractivity contribution in [2.24, 2.45) is 5.73 Å². The third kappa shape index (κ3) is 2.70. The molecular weight excluding hydrogens is 252 g/mol. The van der Waals surface area contributed by atoms with E-state index >= 15 is 0 Å². The second-order valence-electron chi connectivity index (χ2n) is 5.00. The molecule has 4 nitrogen and oxygen atoms in total. The van der Waals surface area contributed by atoms with E-state index in [9.17, 15) is 9.90 Å². The molecule has 0 amide bonds. The van der Waals surface area contributed by atoms with Gasteiger partial charge in [0.1, 0.15) is 5.41 Å². The Hall–Kier alpha value is -2.20. The fourth-order valence-corrected chi connectivity index (χ4v) is 2.37. The summed E-state index contributed by atoms with van der Waals surface area (Å²) in [7, 11) is 0. The molecule has 0 spiro atoms. The maximum Gasteiger partial charge on any atom is 0.315 e. The highest BCUT2D eigenvalue weighted by Gasteiger charge is 2.39. The number of hydrogen-bond donors (Lipinski definition) is 2. The lowest BCUT2D eigenvalue weighted by molar-refractivity contribution is -0.143. The van der Waals surface area contributed by atoms with Crippen molar-refractivity contribution >= 4 is 5.97 Å². The zero-order valence-electron chi connectivity index (χ0n) is 11.4.